The van der Waals surface area contributed by atoms with Gasteiger partial charge in [-0.05, 0) is 125 Å². The van der Waals surface area contributed by atoms with Gasteiger partial charge in [0.2, 0.25) is 6.10 Å². The molecule has 4 unspecified atom stereocenters. The molecular weight excluding hydrogens is 1160 g/mol. The van der Waals surface area contributed by atoms with Crippen molar-refractivity contribution in [3.8, 4) is 11.4 Å². The van der Waals surface area contributed by atoms with Crippen LogP contribution in [0.1, 0.15) is 119 Å². The summed E-state index contributed by atoms with van der Waals surface area (Å²) < 4.78 is 49.7. The largest absolute Gasteiger partial charge is 0.478 e. The van der Waals surface area contributed by atoms with Crippen LogP contribution in [0.2, 0.25) is 10.0 Å². The van der Waals surface area contributed by atoms with E-state index in [2.05, 4.69) is 38.5 Å². The topological polar surface area (TPSA) is 278 Å². The van der Waals surface area contributed by atoms with Gasteiger partial charge in [0.15, 0.2) is 0 Å². The SMILES string of the molecule is CC(=O)O[C@H](COC(=O)c1ccccc1)C(=O)O.CC1CCCO1.CC1CCCO1.Cc1ccnc(C(C)C)c1-n1c(=O)[nH]c(=O)c2cc(F)c(Cl)cc21.Cc1ccnc(C(C)C)c1-n1c(=O)[nH]c(=O)c2cc(F)c(Cl)cc21.O=C=O.P.P. The van der Waals surface area contributed by atoms with E-state index in [0.717, 1.165) is 43.4 Å². The highest BCUT2D eigenvalue weighted by molar-refractivity contribution is 6.92. The van der Waals surface area contributed by atoms with Gasteiger partial charge in [-0.1, -0.05) is 69.1 Å². The fourth-order valence-electron chi connectivity index (χ4n) is 8.12. The number of esters is 2. The maximum Gasteiger partial charge on any atom is 0.373 e. The lowest BCUT2D eigenvalue weighted by atomic mass is 10.0. The normalized spacial score (nSPS) is 14.2. The average Bonchev–Trinajstić information content (AvgIpc) is 4.27. The summed E-state index contributed by atoms with van der Waals surface area (Å²) in [4.78, 5) is 111. The number of hydrogen-bond donors (Lipinski definition) is 3. The minimum atomic E-state index is -1.49. The second-order valence-corrected chi connectivity index (χ2v) is 19.7. The highest BCUT2D eigenvalue weighted by atomic mass is 35.5. The first-order valence-corrected chi connectivity index (χ1v) is 26.1. The number of fused-ring (bicyclic) bond motifs is 2. The molecule has 0 spiro atoms. The molecule has 7 aromatic rings. The van der Waals surface area contributed by atoms with Gasteiger partial charge in [0, 0.05) is 32.5 Å². The molecule has 4 aromatic heterocycles. The zero-order chi connectivity index (χ0) is 60.2. The number of ether oxygens (including phenoxy) is 4. The van der Waals surface area contributed by atoms with Gasteiger partial charge < -0.3 is 24.1 Å². The van der Waals surface area contributed by atoms with Crippen molar-refractivity contribution in [2.75, 3.05) is 19.8 Å². The van der Waals surface area contributed by atoms with E-state index in [9.17, 15) is 42.3 Å². The average molecular weight is 1230 g/mol. The number of carbonyl (C=O) groups excluding carboxylic acids is 4. The van der Waals surface area contributed by atoms with E-state index in [0.29, 0.717) is 40.5 Å². The van der Waals surface area contributed by atoms with E-state index >= 15 is 0 Å². The number of aliphatic carboxylic acids is 1. The summed E-state index contributed by atoms with van der Waals surface area (Å²) in [7, 11) is 0. The maximum atomic E-state index is 13.8. The van der Waals surface area contributed by atoms with Gasteiger partial charge in [0.1, 0.15) is 18.2 Å². The monoisotopic (exact) mass is 1230 g/mol. The molecule has 2 saturated heterocycles. The zero-order valence-electron chi connectivity index (χ0n) is 47.3. The summed E-state index contributed by atoms with van der Waals surface area (Å²) in [6, 6.07) is 16.3. The van der Waals surface area contributed by atoms with E-state index in [-0.39, 0.29) is 69.6 Å². The first-order valence-electron chi connectivity index (χ1n) is 25.4. The van der Waals surface area contributed by atoms with E-state index in [4.69, 9.17) is 52.1 Å². The van der Waals surface area contributed by atoms with Gasteiger partial charge in [-0.25, -0.2) is 28.0 Å². The third-order valence-electron chi connectivity index (χ3n) is 12.0. The smallest absolute Gasteiger partial charge is 0.373 e. The molecule has 83 heavy (non-hydrogen) atoms. The number of benzene rings is 3. The van der Waals surface area contributed by atoms with Crippen LogP contribution in [0.15, 0.2) is 98.3 Å². The molecular formula is C57H68Cl2F2N6O14P2. The van der Waals surface area contributed by atoms with Gasteiger partial charge in [0.05, 0.1) is 72.4 Å². The van der Waals surface area contributed by atoms with Crippen molar-refractivity contribution in [2.45, 2.75) is 118 Å². The Labute approximate surface area is 492 Å². The van der Waals surface area contributed by atoms with Crippen LogP contribution in [-0.4, -0.2) is 96.4 Å². The summed E-state index contributed by atoms with van der Waals surface area (Å²) >= 11 is 11.8. The molecule has 0 radical (unpaired) electrons. The number of carboxylic acid groups (broad SMARTS) is 1. The molecule has 0 bridgehead atoms. The van der Waals surface area contributed by atoms with Crippen LogP contribution in [0.25, 0.3) is 33.2 Å². The number of aryl methyl sites for hydroxylation is 2. The van der Waals surface area contributed by atoms with Crippen LogP contribution in [0, 0.1) is 25.5 Å². The van der Waals surface area contributed by atoms with Crippen molar-refractivity contribution in [1.29, 1.82) is 0 Å². The molecule has 0 amide bonds. The van der Waals surface area contributed by atoms with Gasteiger partial charge in [0.25, 0.3) is 11.1 Å². The second-order valence-electron chi connectivity index (χ2n) is 18.9. The summed E-state index contributed by atoms with van der Waals surface area (Å²) in [5, 5.41) is 8.52. The lowest BCUT2D eigenvalue weighted by Gasteiger charge is -2.17. The van der Waals surface area contributed by atoms with Crippen LogP contribution >= 0.6 is 43.0 Å². The molecule has 2 fully saturated rings. The molecule has 9 rings (SSSR count). The Morgan fingerprint density at radius 2 is 1.12 bits per heavy atom. The molecule has 5 atom stereocenters. The highest BCUT2D eigenvalue weighted by Gasteiger charge is 2.24. The Morgan fingerprint density at radius 1 is 0.723 bits per heavy atom. The number of aromatic nitrogens is 6. The molecule has 20 nitrogen and oxygen atoms in total. The molecule has 2 aliphatic rings. The second kappa shape index (κ2) is 34.5. The van der Waals surface area contributed by atoms with Crippen molar-refractivity contribution >= 4 is 88.9 Å². The number of pyridine rings is 2. The van der Waals surface area contributed by atoms with E-state index < -0.39 is 64.8 Å². The van der Waals surface area contributed by atoms with Crippen LogP contribution < -0.4 is 22.5 Å². The van der Waals surface area contributed by atoms with Gasteiger partial charge in [-0.15, -0.1) is 0 Å². The lowest BCUT2D eigenvalue weighted by molar-refractivity contribution is -0.191. The molecule has 0 aliphatic carbocycles. The number of hydrogen-bond acceptors (Lipinski definition) is 15. The summed E-state index contributed by atoms with van der Waals surface area (Å²) in [6.45, 7) is 18.3. The summed E-state index contributed by atoms with van der Waals surface area (Å²) in [5.74, 6) is -4.13. The van der Waals surface area contributed by atoms with Crippen molar-refractivity contribution < 1.29 is 56.8 Å². The van der Waals surface area contributed by atoms with Crippen molar-refractivity contribution in [3.05, 3.63) is 171 Å². The Hall–Kier alpha value is -7.15. The quantitative estimate of drug-likeness (QED) is 0.0896. The molecule has 3 N–H and O–H groups in total. The third kappa shape index (κ3) is 20.3. The van der Waals surface area contributed by atoms with Crippen LogP contribution in [0.4, 0.5) is 8.78 Å². The summed E-state index contributed by atoms with van der Waals surface area (Å²) in [5.41, 5.74) is 2.39. The number of aromatic amines is 2. The van der Waals surface area contributed by atoms with Crippen molar-refractivity contribution in [3.63, 3.8) is 0 Å². The number of nitrogens with one attached hydrogen (secondary N) is 2. The zero-order valence-corrected chi connectivity index (χ0v) is 51.7. The molecule has 2 aliphatic heterocycles. The first-order chi connectivity index (χ1) is 38.3. The Bertz CT molecular complexity index is 3430. The lowest BCUT2D eigenvalue weighted by Crippen LogP contribution is -2.32. The van der Waals surface area contributed by atoms with Gasteiger partial charge >= 0.3 is 35.4 Å². The first kappa shape index (κ1) is 72.0. The van der Waals surface area contributed by atoms with Crippen molar-refractivity contribution in [2.24, 2.45) is 0 Å². The van der Waals surface area contributed by atoms with Crippen LogP contribution in [0.3, 0.4) is 0 Å². The minimum Gasteiger partial charge on any atom is -0.478 e. The fraction of sp³-hybridized carbons (Fsp3) is 0.368. The Kier molecular flexibility index (Phi) is 29.9. The molecule has 26 heteroatoms. The number of H-pyrrole nitrogens is 2. The Morgan fingerprint density at radius 3 is 1.43 bits per heavy atom. The Balaban J connectivity index is 0.000000375. The van der Waals surface area contributed by atoms with E-state index in [1.165, 1.54) is 59.1 Å². The standard InChI is InChI=1S/2C17H15ClFN3O2.C12H12O6.2C5H10O.CO2.2H3P/c2*1-8(2)14-15(9(3)4-5-20-14)22-13-7-11(18)12(19)6-10(13)16(23)21-17(22)24;1-8(13)18-10(11(14)15)7-17-12(16)9-5-3-2-4-6-9;2*1-5-3-2-4-6-5;2-1-3;;/h2*4-8H,1-3H3,(H,21,23,24);2-6,10H,7H2,1H3,(H,14,15);2*5H,2-4H2,1H3;;2*1H3/t;;10-;;;;;/m..1...../s1. The predicted octanol–water partition coefficient (Wildman–Crippen LogP) is 9.36. The van der Waals surface area contributed by atoms with Gasteiger partial charge in [-0.3, -0.25) is 43.5 Å². The third-order valence-corrected chi connectivity index (χ3v) is 12.6. The molecule has 0 saturated carbocycles. The predicted molar refractivity (Wildman–Crippen MR) is 320 cm³/mol. The maximum absolute atomic E-state index is 13.8. The summed E-state index contributed by atoms with van der Waals surface area (Å²) in [6.07, 6.45) is 8.24. The van der Waals surface area contributed by atoms with Crippen LogP contribution in [0.5, 0.6) is 0 Å². The number of carboxylic acids is 1. The van der Waals surface area contributed by atoms with Gasteiger partial charge in [-0.2, -0.15) is 29.4 Å². The number of rotatable bonds is 9. The van der Waals surface area contributed by atoms with Crippen LogP contribution in [-0.2, 0) is 38.1 Å². The molecule has 6 heterocycles. The van der Waals surface area contributed by atoms with Crippen molar-refractivity contribution in [1.82, 2.24) is 29.1 Å². The number of nitrogens with zero attached hydrogens (tertiary/aromatic N) is 4. The molecule has 448 valence electrons. The van der Waals surface area contributed by atoms with E-state index in [1.807, 2.05) is 41.5 Å². The highest BCUT2D eigenvalue weighted by Crippen LogP contribution is 2.29. The fourth-order valence-corrected chi connectivity index (χ4v) is 8.44. The minimum absolute atomic E-state index is 0. The number of carbonyl (C=O) groups is 3. The van der Waals surface area contributed by atoms with E-state index in [1.54, 1.807) is 42.7 Å². The number of halogens is 4. The molecule has 3 aromatic carbocycles.